The zero-order valence-electron chi connectivity index (χ0n) is 15.3. The Morgan fingerprint density at radius 3 is 1.00 bits per heavy atom. The van der Waals surface area contributed by atoms with Crippen molar-refractivity contribution in [3.05, 3.63) is 106 Å². The van der Waals surface area contributed by atoms with E-state index in [-0.39, 0.29) is 0 Å². The molecule has 0 amide bonds. The summed E-state index contributed by atoms with van der Waals surface area (Å²) in [6, 6.07) is 25.6. The van der Waals surface area contributed by atoms with Gasteiger partial charge in [-0.3, -0.25) is 0 Å². The highest BCUT2D eigenvalue weighted by atomic mass is 14.1. The van der Waals surface area contributed by atoms with Crippen LogP contribution in [0.1, 0.15) is 33.4 Å². The Bertz CT molecular complexity index is 702. The Morgan fingerprint density at radius 2 is 0.708 bits per heavy atom. The molecule has 0 aliphatic rings. The van der Waals surface area contributed by atoms with Gasteiger partial charge in [0.1, 0.15) is 0 Å². The molecule has 0 bridgehead atoms. The van der Waals surface area contributed by atoms with Gasteiger partial charge in [-0.2, -0.15) is 0 Å². The Balaban J connectivity index is 0.000000219. The van der Waals surface area contributed by atoms with Crippen LogP contribution in [-0.4, -0.2) is 0 Å². The van der Waals surface area contributed by atoms with Crippen molar-refractivity contribution in [2.45, 2.75) is 40.5 Å². The van der Waals surface area contributed by atoms with Crippen LogP contribution < -0.4 is 0 Å². The number of rotatable bonds is 3. The summed E-state index contributed by atoms with van der Waals surface area (Å²) < 4.78 is 0. The SMILES string of the molecule is Cc1ccccc1C.Cc1ccccc1CCc1ccccc1C. The summed E-state index contributed by atoms with van der Waals surface area (Å²) in [6.45, 7) is 8.62. The molecule has 0 nitrogen and oxygen atoms in total. The molecule has 3 aromatic carbocycles. The standard InChI is InChI=1S/C16H18.C8H10/c1-13-7-3-5-9-15(13)11-12-16-10-6-4-8-14(16)2;1-7-5-3-4-6-8(7)2/h3-10H,11-12H2,1-2H3;3-6H,1-2H3. The van der Waals surface area contributed by atoms with E-state index in [1.54, 1.807) is 0 Å². The molecule has 124 valence electrons. The fourth-order valence-corrected chi connectivity index (χ4v) is 2.71. The van der Waals surface area contributed by atoms with Gasteiger partial charge in [0.2, 0.25) is 0 Å². The van der Waals surface area contributed by atoms with Gasteiger partial charge in [0.25, 0.3) is 0 Å². The minimum absolute atomic E-state index is 1.14. The van der Waals surface area contributed by atoms with Gasteiger partial charge in [-0.1, -0.05) is 72.8 Å². The Hall–Kier alpha value is -2.34. The highest BCUT2D eigenvalue weighted by molar-refractivity contribution is 5.30. The minimum atomic E-state index is 1.14. The van der Waals surface area contributed by atoms with Gasteiger partial charge in [0.15, 0.2) is 0 Å². The van der Waals surface area contributed by atoms with E-state index < -0.39 is 0 Å². The molecule has 0 aromatic heterocycles. The monoisotopic (exact) mass is 316 g/mol. The summed E-state index contributed by atoms with van der Waals surface area (Å²) in [6.07, 6.45) is 2.27. The van der Waals surface area contributed by atoms with E-state index >= 15 is 0 Å². The predicted molar refractivity (Wildman–Crippen MR) is 106 cm³/mol. The molecule has 3 rings (SSSR count). The molecule has 0 atom stereocenters. The van der Waals surface area contributed by atoms with Crippen LogP contribution in [0.3, 0.4) is 0 Å². The first-order chi connectivity index (χ1) is 11.6. The van der Waals surface area contributed by atoms with Gasteiger partial charge in [-0.15, -0.1) is 0 Å². The molecule has 0 fully saturated rings. The largest absolute Gasteiger partial charge is 0.0620 e. The fourth-order valence-electron chi connectivity index (χ4n) is 2.71. The van der Waals surface area contributed by atoms with Gasteiger partial charge < -0.3 is 0 Å². The first-order valence-corrected chi connectivity index (χ1v) is 8.69. The minimum Gasteiger partial charge on any atom is -0.0620 e. The van der Waals surface area contributed by atoms with E-state index in [4.69, 9.17) is 0 Å². The van der Waals surface area contributed by atoms with E-state index in [0.717, 1.165) is 12.8 Å². The summed E-state index contributed by atoms with van der Waals surface area (Å²) in [5.74, 6) is 0. The van der Waals surface area contributed by atoms with Gasteiger partial charge in [-0.25, -0.2) is 0 Å². The van der Waals surface area contributed by atoms with Gasteiger partial charge in [-0.05, 0) is 73.9 Å². The summed E-state index contributed by atoms with van der Waals surface area (Å²) in [4.78, 5) is 0. The third kappa shape index (κ3) is 5.38. The molecule has 0 saturated heterocycles. The lowest BCUT2D eigenvalue weighted by molar-refractivity contribution is 0.939. The topological polar surface area (TPSA) is 0 Å². The average molecular weight is 316 g/mol. The first kappa shape index (κ1) is 18.0. The van der Waals surface area contributed by atoms with E-state index in [1.807, 2.05) is 0 Å². The van der Waals surface area contributed by atoms with Crippen LogP contribution in [0.25, 0.3) is 0 Å². The normalized spacial score (nSPS) is 10.0. The average Bonchev–Trinajstić information content (AvgIpc) is 2.59. The molecule has 0 heteroatoms. The van der Waals surface area contributed by atoms with Crippen molar-refractivity contribution >= 4 is 0 Å². The van der Waals surface area contributed by atoms with Gasteiger partial charge >= 0.3 is 0 Å². The third-order valence-corrected chi connectivity index (χ3v) is 4.61. The third-order valence-electron chi connectivity index (χ3n) is 4.61. The molecule has 0 N–H and O–H groups in total. The molecule has 0 unspecified atom stereocenters. The van der Waals surface area contributed by atoms with Crippen molar-refractivity contribution in [1.29, 1.82) is 0 Å². The van der Waals surface area contributed by atoms with Crippen molar-refractivity contribution in [3.63, 3.8) is 0 Å². The van der Waals surface area contributed by atoms with Crippen LogP contribution in [0.5, 0.6) is 0 Å². The fraction of sp³-hybridized carbons (Fsp3) is 0.250. The second-order valence-electron chi connectivity index (χ2n) is 6.44. The quantitative estimate of drug-likeness (QED) is 0.525. The van der Waals surface area contributed by atoms with Gasteiger partial charge in [0, 0.05) is 0 Å². The number of hydrogen-bond donors (Lipinski definition) is 0. The molecule has 24 heavy (non-hydrogen) atoms. The van der Waals surface area contributed by atoms with Crippen molar-refractivity contribution in [2.75, 3.05) is 0 Å². The highest BCUT2D eigenvalue weighted by Gasteiger charge is 2.00. The maximum atomic E-state index is 2.23. The Kier molecular flexibility index (Phi) is 6.81. The maximum Gasteiger partial charge on any atom is -0.0236 e. The van der Waals surface area contributed by atoms with Crippen LogP contribution >= 0.6 is 0 Å². The lowest BCUT2D eigenvalue weighted by Crippen LogP contribution is -1.95. The Morgan fingerprint density at radius 1 is 0.417 bits per heavy atom. The Labute approximate surface area is 147 Å². The first-order valence-electron chi connectivity index (χ1n) is 8.69. The highest BCUT2D eigenvalue weighted by Crippen LogP contribution is 2.14. The van der Waals surface area contributed by atoms with Gasteiger partial charge in [0.05, 0.1) is 0 Å². The summed E-state index contributed by atoms with van der Waals surface area (Å²) >= 11 is 0. The number of hydrogen-bond acceptors (Lipinski definition) is 0. The summed E-state index contributed by atoms with van der Waals surface area (Å²) in [7, 11) is 0. The molecule has 0 radical (unpaired) electrons. The number of benzene rings is 3. The van der Waals surface area contributed by atoms with Crippen LogP contribution in [0.4, 0.5) is 0 Å². The molecule has 0 saturated carbocycles. The molecule has 0 spiro atoms. The summed E-state index contributed by atoms with van der Waals surface area (Å²) in [5.41, 5.74) is 8.46. The van der Waals surface area contributed by atoms with Crippen LogP contribution in [0, 0.1) is 27.7 Å². The smallest absolute Gasteiger partial charge is 0.0236 e. The molecular weight excluding hydrogens is 288 g/mol. The molecule has 0 aliphatic carbocycles. The molecule has 0 aliphatic heterocycles. The second kappa shape index (κ2) is 9.08. The lowest BCUT2D eigenvalue weighted by Gasteiger charge is -2.07. The maximum absolute atomic E-state index is 2.23. The van der Waals surface area contributed by atoms with Crippen molar-refractivity contribution in [1.82, 2.24) is 0 Å². The van der Waals surface area contributed by atoms with E-state index in [9.17, 15) is 0 Å². The zero-order valence-corrected chi connectivity index (χ0v) is 15.3. The zero-order chi connectivity index (χ0) is 17.4. The van der Waals surface area contributed by atoms with Crippen LogP contribution in [0.15, 0.2) is 72.8 Å². The second-order valence-corrected chi connectivity index (χ2v) is 6.44. The molecule has 3 aromatic rings. The molecule has 0 heterocycles. The number of aryl methyl sites for hydroxylation is 6. The van der Waals surface area contributed by atoms with Crippen molar-refractivity contribution < 1.29 is 0 Å². The summed E-state index contributed by atoms with van der Waals surface area (Å²) in [5, 5.41) is 0. The van der Waals surface area contributed by atoms with Crippen LogP contribution in [0.2, 0.25) is 0 Å². The van der Waals surface area contributed by atoms with E-state index in [2.05, 4.69) is 100 Å². The van der Waals surface area contributed by atoms with Crippen molar-refractivity contribution in [2.24, 2.45) is 0 Å². The lowest BCUT2D eigenvalue weighted by atomic mass is 9.98. The van der Waals surface area contributed by atoms with Crippen LogP contribution in [-0.2, 0) is 12.8 Å². The van der Waals surface area contributed by atoms with Crippen molar-refractivity contribution in [3.8, 4) is 0 Å². The molecular formula is C24H28. The van der Waals surface area contributed by atoms with E-state index in [0.29, 0.717) is 0 Å². The van der Waals surface area contributed by atoms with E-state index in [1.165, 1.54) is 33.4 Å². The predicted octanol–water partition coefficient (Wildman–Crippen LogP) is 6.39.